The van der Waals surface area contributed by atoms with E-state index >= 15 is 0 Å². The number of thiophene rings is 1. The predicted octanol–water partition coefficient (Wildman–Crippen LogP) is 2.27. The average Bonchev–Trinajstić information content (AvgIpc) is 2.99. The maximum Gasteiger partial charge on any atom is 0.341 e. The van der Waals surface area contributed by atoms with E-state index in [2.05, 4.69) is 5.32 Å². The van der Waals surface area contributed by atoms with Gasteiger partial charge in [0.15, 0.2) is 0 Å². The zero-order valence-electron chi connectivity index (χ0n) is 11.2. The summed E-state index contributed by atoms with van der Waals surface area (Å²) in [5, 5.41) is 3.33. The molecule has 1 unspecified atom stereocenters. The summed E-state index contributed by atoms with van der Waals surface area (Å²) in [5.74, 6) is -0.617. The Morgan fingerprint density at radius 3 is 2.74 bits per heavy atom. The zero-order valence-corrected chi connectivity index (χ0v) is 12.1. The predicted molar refractivity (Wildman–Crippen MR) is 72.7 cm³/mol. The van der Waals surface area contributed by atoms with Gasteiger partial charge in [0.1, 0.15) is 11.1 Å². The summed E-state index contributed by atoms with van der Waals surface area (Å²) in [6.45, 7) is 4.37. The number of ether oxygens (including phenoxy) is 2. The van der Waals surface area contributed by atoms with Crippen molar-refractivity contribution < 1.29 is 19.1 Å². The molecule has 0 saturated carbocycles. The highest BCUT2D eigenvalue weighted by Gasteiger charge is 2.27. The normalized spacial score (nSPS) is 18.4. The molecule has 1 aromatic heterocycles. The van der Waals surface area contributed by atoms with E-state index in [-0.39, 0.29) is 5.91 Å². The highest BCUT2D eigenvalue weighted by atomic mass is 32.1. The van der Waals surface area contributed by atoms with E-state index in [1.54, 1.807) is 0 Å². The molecule has 1 fully saturated rings. The number of aryl methyl sites for hydroxylation is 1. The Balaban J connectivity index is 2.22. The fourth-order valence-electron chi connectivity index (χ4n) is 2.04. The Morgan fingerprint density at radius 1 is 1.42 bits per heavy atom. The van der Waals surface area contributed by atoms with Gasteiger partial charge in [-0.05, 0) is 32.3 Å². The van der Waals surface area contributed by atoms with Crippen LogP contribution in [0, 0.1) is 13.8 Å². The van der Waals surface area contributed by atoms with E-state index in [0.717, 1.165) is 23.3 Å². The molecule has 2 heterocycles. The van der Waals surface area contributed by atoms with Crippen LogP contribution in [0.25, 0.3) is 0 Å². The Kier molecular flexibility index (Phi) is 4.21. The molecule has 1 N–H and O–H groups in total. The van der Waals surface area contributed by atoms with Crippen molar-refractivity contribution in [1.82, 2.24) is 0 Å². The van der Waals surface area contributed by atoms with Crippen molar-refractivity contribution in [2.24, 2.45) is 0 Å². The van der Waals surface area contributed by atoms with Gasteiger partial charge in [0, 0.05) is 11.5 Å². The number of carbonyl (C=O) groups excluding carboxylic acids is 2. The van der Waals surface area contributed by atoms with Crippen LogP contribution in [-0.4, -0.2) is 31.7 Å². The smallest absolute Gasteiger partial charge is 0.341 e. The number of hydrogen-bond donors (Lipinski definition) is 1. The van der Waals surface area contributed by atoms with E-state index in [9.17, 15) is 9.59 Å². The van der Waals surface area contributed by atoms with Crippen LogP contribution in [-0.2, 0) is 14.3 Å². The first-order valence-corrected chi connectivity index (χ1v) is 6.97. The Hall–Kier alpha value is -1.40. The molecule has 0 bridgehead atoms. The van der Waals surface area contributed by atoms with Crippen LogP contribution in [0.2, 0.25) is 0 Å². The van der Waals surface area contributed by atoms with E-state index in [0.29, 0.717) is 17.2 Å². The summed E-state index contributed by atoms with van der Waals surface area (Å²) < 4.78 is 10.1. The first-order valence-electron chi connectivity index (χ1n) is 6.15. The largest absolute Gasteiger partial charge is 0.465 e. The van der Waals surface area contributed by atoms with Crippen molar-refractivity contribution >= 4 is 28.2 Å². The van der Waals surface area contributed by atoms with Gasteiger partial charge in [-0.2, -0.15) is 0 Å². The highest BCUT2D eigenvalue weighted by Crippen LogP contribution is 2.33. The minimum absolute atomic E-state index is 0.191. The van der Waals surface area contributed by atoms with Gasteiger partial charge in [0.25, 0.3) is 5.91 Å². The van der Waals surface area contributed by atoms with Gasteiger partial charge in [0.2, 0.25) is 0 Å². The lowest BCUT2D eigenvalue weighted by atomic mass is 10.1. The van der Waals surface area contributed by atoms with Crippen LogP contribution in [0.3, 0.4) is 0 Å². The summed E-state index contributed by atoms with van der Waals surface area (Å²) in [6.07, 6.45) is 1.21. The lowest BCUT2D eigenvalue weighted by molar-refractivity contribution is -0.124. The Morgan fingerprint density at radius 2 is 2.16 bits per heavy atom. The molecule has 1 aromatic rings. The van der Waals surface area contributed by atoms with E-state index in [4.69, 9.17) is 9.47 Å². The second-order valence-electron chi connectivity index (χ2n) is 4.47. The average molecular weight is 283 g/mol. The third-order valence-corrected chi connectivity index (χ3v) is 4.36. The molecule has 5 nitrogen and oxygen atoms in total. The van der Waals surface area contributed by atoms with Gasteiger partial charge in [-0.3, -0.25) is 4.79 Å². The molecule has 1 aliphatic rings. The molecule has 1 atom stereocenters. The number of esters is 1. The maximum absolute atomic E-state index is 12.0. The number of anilines is 1. The van der Waals surface area contributed by atoms with Crippen LogP contribution in [0.5, 0.6) is 0 Å². The van der Waals surface area contributed by atoms with Crippen LogP contribution >= 0.6 is 11.3 Å². The summed E-state index contributed by atoms with van der Waals surface area (Å²) in [7, 11) is 1.33. The second-order valence-corrected chi connectivity index (χ2v) is 5.69. The molecule has 1 saturated heterocycles. The lowest BCUT2D eigenvalue weighted by Gasteiger charge is -2.10. The molecular formula is C13H17NO4S. The van der Waals surface area contributed by atoms with Crippen LogP contribution in [0.4, 0.5) is 5.00 Å². The molecule has 1 amide bonds. The molecule has 0 spiro atoms. The first-order chi connectivity index (χ1) is 9.04. The van der Waals surface area contributed by atoms with Gasteiger partial charge in [0.05, 0.1) is 12.7 Å². The third kappa shape index (κ3) is 2.79. The Bertz CT molecular complexity index is 503. The molecule has 2 rings (SSSR count). The number of amides is 1. The lowest BCUT2D eigenvalue weighted by Crippen LogP contribution is -2.27. The van der Waals surface area contributed by atoms with Gasteiger partial charge < -0.3 is 14.8 Å². The fourth-order valence-corrected chi connectivity index (χ4v) is 3.09. The molecule has 0 aromatic carbocycles. The van der Waals surface area contributed by atoms with Crippen molar-refractivity contribution in [3.8, 4) is 0 Å². The number of carbonyl (C=O) groups is 2. The van der Waals surface area contributed by atoms with Crippen molar-refractivity contribution in [2.75, 3.05) is 19.0 Å². The maximum atomic E-state index is 12.0. The minimum Gasteiger partial charge on any atom is -0.465 e. The molecule has 1 aliphatic heterocycles. The van der Waals surface area contributed by atoms with Crippen molar-refractivity contribution in [3.05, 3.63) is 16.0 Å². The molecule has 6 heteroatoms. The van der Waals surface area contributed by atoms with E-state index in [1.807, 2.05) is 13.8 Å². The number of methoxy groups -OCH3 is 1. The topological polar surface area (TPSA) is 64.6 Å². The van der Waals surface area contributed by atoms with Gasteiger partial charge >= 0.3 is 5.97 Å². The Labute approximate surface area is 115 Å². The molecule has 19 heavy (non-hydrogen) atoms. The quantitative estimate of drug-likeness (QED) is 0.864. The SMILES string of the molecule is COC(=O)c1c(NC(=O)C2CCCO2)sc(C)c1C. The van der Waals surface area contributed by atoms with E-state index in [1.165, 1.54) is 18.4 Å². The molecule has 0 aliphatic carbocycles. The second kappa shape index (κ2) is 5.71. The molecule has 104 valence electrons. The van der Waals surface area contributed by atoms with Gasteiger partial charge in [-0.15, -0.1) is 11.3 Å². The number of hydrogen-bond acceptors (Lipinski definition) is 5. The van der Waals surface area contributed by atoms with Crippen LogP contribution in [0.15, 0.2) is 0 Å². The minimum atomic E-state index is -0.426. The third-order valence-electron chi connectivity index (χ3n) is 3.23. The fraction of sp³-hybridized carbons (Fsp3) is 0.538. The number of rotatable bonds is 3. The summed E-state index contributed by atoms with van der Waals surface area (Å²) in [5.41, 5.74) is 1.29. The summed E-state index contributed by atoms with van der Waals surface area (Å²) >= 11 is 1.38. The first kappa shape index (κ1) is 14.0. The standard InChI is InChI=1S/C13H17NO4S/c1-7-8(2)19-12(10(7)13(16)17-3)14-11(15)9-5-4-6-18-9/h9H,4-6H2,1-3H3,(H,14,15). The molecule has 0 radical (unpaired) electrons. The number of nitrogens with one attached hydrogen (secondary N) is 1. The van der Waals surface area contributed by atoms with Crippen molar-refractivity contribution in [3.63, 3.8) is 0 Å². The molecular weight excluding hydrogens is 266 g/mol. The summed E-state index contributed by atoms with van der Waals surface area (Å²) in [6, 6.07) is 0. The van der Waals surface area contributed by atoms with Crippen molar-refractivity contribution in [1.29, 1.82) is 0 Å². The zero-order chi connectivity index (χ0) is 14.0. The summed E-state index contributed by atoms with van der Waals surface area (Å²) in [4.78, 5) is 24.8. The monoisotopic (exact) mass is 283 g/mol. The van der Waals surface area contributed by atoms with Crippen LogP contribution in [0.1, 0.15) is 33.6 Å². The van der Waals surface area contributed by atoms with E-state index < -0.39 is 12.1 Å². The van der Waals surface area contributed by atoms with Gasteiger partial charge in [-0.25, -0.2) is 4.79 Å². The van der Waals surface area contributed by atoms with Crippen LogP contribution < -0.4 is 5.32 Å². The van der Waals surface area contributed by atoms with Gasteiger partial charge in [-0.1, -0.05) is 0 Å². The highest BCUT2D eigenvalue weighted by molar-refractivity contribution is 7.16. The van der Waals surface area contributed by atoms with Crippen molar-refractivity contribution in [2.45, 2.75) is 32.8 Å².